The number of hydrogen-bond donors (Lipinski definition) is 1. The molecule has 0 saturated carbocycles. The molecule has 1 aliphatic rings. The predicted molar refractivity (Wildman–Crippen MR) is 120 cm³/mol. The predicted octanol–water partition coefficient (Wildman–Crippen LogP) is 1.92. The van der Waals surface area contributed by atoms with Crippen molar-refractivity contribution in [3.8, 4) is 0 Å². The van der Waals surface area contributed by atoms with Crippen LogP contribution in [-0.2, 0) is 11.3 Å². The molecule has 10 heteroatoms. The van der Waals surface area contributed by atoms with Gasteiger partial charge in [-0.25, -0.2) is 14.6 Å². The molecule has 1 N–H and O–H groups in total. The van der Waals surface area contributed by atoms with E-state index in [4.69, 9.17) is 4.74 Å². The average Bonchev–Trinajstić information content (AvgIpc) is 2.71. The van der Waals surface area contributed by atoms with Crippen LogP contribution in [0.2, 0.25) is 0 Å². The van der Waals surface area contributed by atoms with Crippen LogP contribution in [0.5, 0.6) is 0 Å². The number of aromatic nitrogens is 3. The van der Waals surface area contributed by atoms with Crippen molar-refractivity contribution < 1.29 is 14.3 Å². The molecular formula is C22H31N5O5. The van der Waals surface area contributed by atoms with Gasteiger partial charge in [-0.2, -0.15) is 0 Å². The zero-order chi connectivity index (χ0) is 23.8. The molecule has 0 unspecified atom stereocenters. The van der Waals surface area contributed by atoms with E-state index >= 15 is 0 Å². The van der Waals surface area contributed by atoms with Gasteiger partial charge < -0.3 is 14.5 Å². The Kier molecular flexibility index (Phi) is 6.43. The van der Waals surface area contributed by atoms with Crippen molar-refractivity contribution in [3.05, 3.63) is 38.2 Å². The lowest BCUT2D eigenvalue weighted by Gasteiger charge is -2.35. The van der Waals surface area contributed by atoms with Gasteiger partial charge in [0.25, 0.3) is 11.5 Å². The number of H-pyrrole nitrogens is 1. The number of fused-ring (bicyclic) bond motifs is 1. The Morgan fingerprint density at radius 1 is 1.12 bits per heavy atom. The molecule has 2 aromatic rings. The van der Waals surface area contributed by atoms with Crippen LogP contribution in [0.25, 0.3) is 11.0 Å². The van der Waals surface area contributed by atoms with Crippen molar-refractivity contribution in [2.24, 2.45) is 0 Å². The van der Waals surface area contributed by atoms with Gasteiger partial charge in [-0.05, 0) is 39.7 Å². The van der Waals surface area contributed by atoms with E-state index in [9.17, 15) is 19.2 Å². The van der Waals surface area contributed by atoms with Crippen LogP contribution in [-0.4, -0.2) is 68.1 Å². The van der Waals surface area contributed by atoms with Gasteiger partial charge in [0.1, 0.15) is 5.60 Å². The number of carbonyl (C=O) groups excluding carboxylic acids is 2. The maximum absolute atomic E-state index is 13.5. The lowest BCUT2D eigenvalue weighted by Crippen LogP contribution is -2.51. The number of carbonyl (C=O) groups is 2. The lowest BCUT2D eigenvalue weighted by atomic mass is 10.0. The number of pyridine rings is 1. The van der Waals surface area contributed by atoms with Gasteiger partial charge in [0.05, 0.1) is 10.9 Å². The number of aryl methyl sites for hydroxylation is 1. The zero-order valence-corrected chi connectivity index (χ0v) is 19.5. The number of nitrogens with zero attached hydrogens (tertiary/aromatic N) is 4. The fourth-order valence-corrected chi connectivity index (χ4v) is 3.64. The molecule has 174 valence electrons. The van der Waals surface area contributed by atoms with E-state index in [0.29, 0.717) is 38.4 Å². The number of hydrogen-bond acceptors (Lipinski definition) is 6. The highest BCUT2D eigenvalue weighted by Gasteiger charge is 2.30. The van der Waals surface area contributed by atoms with Gasteiger partial charge in [0.15, 0.2) is 5.65 Å². The van der Waals surface area contributed by atoms with Crippen molar-refractivity contribution in [1.29, 1.82) is 0 Å². The highest BCUT2D eigenvalue weighted by molar-refractivity contribution is 6.05. The summed E-state index contributed by atoms with van der Waals surface area (Å²) in [7, 11) is 0. The fraction of sp³-hybridized carbons (Fsp3) is 0.591. The first-order chi connectivity index (χ1) is 14.9. The highest BCUT2D eigenvalue weighted by Crippen LogP contribution is 2.22. The quantitative estimate of drug-likeness (QED) is 0.771. The van der Waals surface area contributed by atoms with Crippen LogP contribution in [0.3, 0.4) is 0 Å². The highest BCUT2D eigenvalue weighted by atomic mass is 16.6. The van der Waals surface area contributed by atoms with Crippen molar-refractivity contribution >= 4 is 23.0 Å². The second kappa shape index (κ2) is 8.76. The minimum absolute atomic E-state index is 0.00494. The summed E-state index contributed by atoms with van der Waals surface area (Å²) in [5, 5.41) is 0.107. The van der Waals surface area contributed by atoms with E-state index in [1.165, 1.54) is 4.57 Å². The van der Waals surface area contributed by atoms with Gasteiger partial charge in [-0.15, -0.1) is 0 Å². The third kappa shape index (κ3) is 4.68. The van der Waals surface area contributed by atoms with E-state index in [0.717, 1.165) is 0 Å². The fourth-order valence-electron chi connectivity index (χ4n) is 3.64. The Bertz CT molecular complexity index is 1150. The monoisotopic (exact) mass is 445 g/mol. The van der Waals surface area contributed by atoms with Gasteiger partial charge in [0, 0.05) is 38.4 Å². The first-order valence-corrected chi connectivity index (χ1v) is 10.9. The van der Waals surface area contributed by atoms with E-state index < -0.39 is 22.9 Å². The van der Waals surface area contributed by atoms with Crippen molar-refractivity contribution in [3.63, 3.8) is 0 Å². The molecule has 1 fully saturated rings. The Balaban J connectivity index is 1.96. The molecule has 0 bridgehead atoms. The van der Waals surface area contributed by atoms with E-state index in [2.05, 4.69) is 9.97 Å². The molecule has 32 heavy (non-hydrogen) atoms. The molecule has 0 spiro atoms. The molecular weight excluding hydrogens is 414 g/mol. The summed E-state index contributed by atoms with van der Waals surface area (Å²) in [6.45, 7) is 12.6. The third-order valence-corrected chi connectivity index (χ3v) is 5.33. The zero-order valence-electron chi connectivity index (χ0n) is 19.5. The second-order valence-corrected chi connectivity index (χ2v) is 9.21. The summed E-state index contributed by atoms with van der Waals surface area (Å²) in [6.07, 6.45) is -0.413. The summed E-state index contributed by atoms with van der Waals surface area (Å²) in [5.74, 6) is -0.329. The van der Waals surface area contributed by atoms with Crippen molar-refractivity contribution in [1.82, 2.24) is 24.3 Å². The molecule has 1 aliphatic heterocycles. The number of piperazine rings is 1. The van der Waals surface area contributed by atoms with Gasteiger partial charge >= 0.3 is 11.8 Å². The van der Waals surface area contributed by atoms with Gasteiger partial charge in [0.2, 0.25) is 0 Å². The maximum atomic E-state index is 13.5. The molecule has 0 radical (unpaired) electrons. The minimum atomic E-state index is -0.631. The first-order valence-electron chi connectivity index (χ1n) is 10.9. The van der Waals surface area contributed by atoms with Gasteiger partial charge in [-0.1, -0.05) is 13.8 Å². The average molecular weight is 446 g/mol. The normalized spacial score (nSPS) is 14.8. The second-order valence-electron chi connectivity index (χ2n) is 9.21. The minimum Gasteiger partial charge on any atom is -0.444 e. The van der Waals surface area contributed by atoms with E-state index in [1.807, 2.05) is 13.8 Å². The Labute approximate surface area is 186 Å². The standard InChI is InChI=1S/C22H31N5O5/c1-7-27-17-16(18(28)24-20(27)30)14(12-15(23-17)13(2)3)19(29)25-8-10-26(11-9-25)21(31)32-22(4,5)6/h12-13H,7-11H2,1-6H3,(H,24,28,30). The van der Waals surface area contributed by atoms with Crippen LogP contribution in [0.1, 0.15) is 63.5 Å². The molecule has 3 heterocycles. The number of ether oxygens (including phenoxy) is 1. The smallest absolute Gasteiger partial charge is 0.410 e. The van der Waals surface area contributed by atoms with E-state index in [1.54, 1.807) is 43.6 Å². The Morgan fingerprint density at radius 2 is 1.72 bits per heavy atom. The summed E-state index contributed by atoms with van der Waals surface area (Å²) in [4.78, 5) is 60.7. The number of amides is 2. The number of rotatable bonds is 3. The molecule has 1 saturated heterocycles. The molecule has 10 nitrogen and oxygen atoms in total. The maximum Gasteiger partial charge on any atom is 0.410 e. The molecule has 0 atom stereocenters. The van der Waals surface area contributed by atoms with Crippen LogP contribution >= 0.6 is 0 Å². The SMILES string of the molecule is CCn1c(=O)[nH]c(=O)c2c(C(=O)N3CCN(C(=O)OC(C)(C)C)CC3)cc(C(C)C)nc21. The molecule has 3 rings (SSSR count). The Morgan fingerprint density at radius 3 is 2.25 bits per heavy atom. The molecule has 0 aromatic carbocycles. The van der Waals surface area contributed by atoms with Crippen LogP contribution in [0.4, 0.5) is 4.79 Å². The summed E-state index contributed by atoms with van der Waals surface area (Å²) >= 11 is 0. The molecule has 2 aromatic heterocycles. The van der Waals surface area contributed by atoms with Gasteiger partial charge in [-0.3, -0.25) is 19.1 Å². The van der Waals surface area contributed by atoms with E-state index in [-0.39, 0.29) is 28.4 Å². The third-order valence-electron chi connectivity index (χ3n) is 5.33. The van der Waals surface area contributed by atoms with Crippen LogP contribution in [0, 0.1) is 0 Å². The summed E-state index contributed by atoms with van der Waals surface area (Å²) in [6, 6.07) is 1.63. The largest absolute Gasteiger partial charge is 0.444 e. The topological polar surface area (TPSA) is 118 Å². The first kappa shape index (κ1) is 23.5. The lowest BCUT2D eigenvalue weighted by molar-refractivity contribution is 0.0141. The van der Waals surface area contributed by atoms with Crippen LogP contribution < -0.4 is 11.2 Å². The molecule has 0 aliphatic carbocycles. The Hall–Kier alpha value is -3.17. The number of aromatic amines is 1. The summed E-state index contributed by atoms with van der Waals surface area (Å²) in [5.41, 5.74) is -0.726. The molecule has 2 amide bonds. The van der Waals surface area contributed by atoms with Crippen molar-refractivity contribution in [2.45, 2.75) is 59.6 Å². The van der Waals surface area contributed by atoms with Crippen LogP contribution in [0.15, 0.2) is 15.7 Å². The van der Waals surface area contributed by atoms with Crippen molar-refractivity contribution in [2.75, 3.05) is 26.2 Å². The number of nitrogens with one attached hydrogen (secondary N) is 1. The summed E-state index contributed by atoms with van der Waals surface area (Å²) < 4.78 is 6.77.